The molecule has 84 valence electrons. The van der Waals surface area contributed by atoms with E-state index in [2.05, 4.69) is 22.1 Å². The van der Waals surface area contributed by atoms with E-state index in [1.165, 1.54) is 0 Å². The van der Waals surface area contributed by atoms with E-state index < -0.39 is 0 Å². The van der Waals surface area contributed by atoms with Crippen molar-refractivity contribution in [3.05, 3.63) is 23.5 Å². The van der Waals surface area contributed by atoms with Gasteiger partial charge in [0.05, 0.1) is 12.8 Å². The van der Waals surface area contributed by atoms with Gasteiger partial charge in [0.25, 0.3) is 5.88 Å². The molecule has 0 atom stereocenters. The predicted molar refractivity (Wildman–Crippen MR) is 62.7 cm³/mol. The van der Waals surface area contributed by atoms with Crippen molar-refractivity contribution >= 4 is 22.5 Å². The number of rotatable bonds is 4. The Hall–Kier alpha value is -1.42. The molecule has 2 aromatic heterocycles. The first-order valence-corrected chi connectivity index (χ1v) is 5.60. The van der Waals surface area contributed by atoms with E-state index >= 15 is 0 Å². The van der Waals surface area contributed by atoms with E-state index in [-0.39, 0.29) is 0 Å². The highest BCUT2D eigenvalue weighted by atomic mass is 35.5. The van der Waals surface area contributed by atoms with Crippen LogP contribution in [0.3, 0.4) is 0 Å². The molecule has 0 amide bonds. The largest absolute Gasteiger partial charge is 0.475 e. The third-order valence-corrected chi connectivity index (χ3v) is 2.39. The second kappa shape index (κ2) is 5.07. The first-order valence-electron chi connectivity index (χ1n) is 5.22. The van der Waals surface area contributed by atoms with Crippen LogP contribution in [0.4, 0.5) is 0 Å². The van der Waals surface area contributed by atoms with Crippen LogP contribution in [0.5, 0.6) is 5.88 Å². The minimum absolute atomic E-state index is 0.431. The fourth-order valence-electron chi connectivity index (χ4n) is 1.32. The number of hydrogen-bond donors (Lipinski definition) is 0. The van der Waals surface area contributed by atoms with E-state index in [1.54, 1.807) is 12.3 Å². The van der Waals surface area contributed by atoms with Crippen LogP contribution in [0.15, 0.2) is 18.3 Å². The van der Waals surface area contributed by atoms with Crippen molar-refractivity contribution in [2.45, 2.75) is 19.8 Å². The summed E-state index contributed by atoms with van der Waals surface area (Å²) < 4.78 is 5.52. The van der Waals surface area contributed by atoms with Gasteiger partial charge in [0.15, 0.2) is 0 Å². The minimum atomic E-state index is 0.431. The van der Waals surface area contributed by atoms with Gasteiger partial charge in [0, 0.05) is 5.39 Å². The van der Waals surface area contributed by atoms with Crippen LogP contribution in [0.25, 0.3) is 10.9 Å². The number of fused-ring (bicyclic) bond motifs is 1. The molecule has 0 unspecified atom stereocenters. The number of hydrogen-bond acceptors (Lipinski definition) is 4. The average Bonchev–Trinajstić information content (AvgIpc) is 2.30. The van der Waals surface area contributed by atoms with Crippen molar-refractivity contribution in [2.75, 3.05) is 6.61 Å². The third kappa shape index (κ3) is 2.39. The molecule has 2 aromatic rings. The predicted octanol–water partition coefficient (Wildman–Crippen LogP) is 2.86. The summed E-state index contributed by atoms with van der Waals surface area (Å²) in [5, 5.41) is 9.10. The molecule has 0 aliphatic heterocycles. The Morgan fingerprint density at radius 1 is 1.38 bits per heavy atom. The van der Waals surface area contributed by atoms with Crippen molar-refractivity contribution < 1.29 is 4.74 Å². The standard InChI is InChI=1S/C11H12ClN3O/c1-2-3-6-16-11-10-8(7-13-15-11)4-5-9(12)14-10/h4-5,7H,2-3,6H2,1H3. The molecule has 0 saturated heterocycles. The number of nitrogens with zero attached hydrogens (tertiary/aromatic N) is 3. The van der Waals surface area contributed by atoms with Crippen molar-refractivity contribution in [3.63, 3.8) is 0 Å². The SMILES string of the molecule is CCCCOc1nncc2ccc(Cl)nc12. The maximum atomic E-state index is 5.84. The summed E-state index contributed by atoms with van der Waals surface area (Å²) in [5.41, 5.74) is 0.665. The zero-order chi connectivity index (χ0) is 11.4. The lowest BCUT2D eigenvalue weighted by molar-refractivity contribution is 0.298. The van der Waals surface area contributed by atoms with E-state index in [1.807, 2.05) is 6.07 Å². The number of unbranched alkanes of at least 4 members (excludes halogenated alkanes) is 1. The highest BCUT2D eigenvalue weighted by Crippen LogP contribution is 2.21. The zero-order valence-electron chi connectivity index (χ0n) is 8.98. The summed E-state index contributed by atoms with van der Waals surface area (Å²) in [5.74, 6) is 0.452. The van der Waals surface area contributed by atoms with Gasteiger partial charge in [-0.3, -0.25) is 0 Å². The summed E-state index contributed by atoms with van der Waals surface area (Å²) in [6.45, 7) is 2.73. The van der Waals surface area contributed by atoms with E-state index in [0.717, 1.165) is 18.2 Å². The molecular weight excluding hydrogens is 226 g/mol. The third-order valence-electron chi connectivity index (χ3n) is 2.18. The van der Waals surface area contributed by atoms with Gasteiger partial charge in [-0.1, -0.05) is 24.9 Å². The van der Waals surface area contributed by atoms with Crippen molar-refractivity contribution in [3.8, 4) is 5.88 Å². The van der Waals surface area contributed by atoms with Crippen LogP contribution in [-0.4, -0.2) is 21.8 Å². The fraction of sp³-hybridized carbons (Fsp3) is 0.364. The lowest BCUT2D eigenvalue weighted by Crippen LogP contribution is -2.01. The van der Waals surface area contributed by atoms with Gasteiger partial charge >= 0.3 is 0 Å². The number of halogens is 1. The molecule has 5 heteroatoms. The van der Waals surface area contributed by atoms with Gasteiger partial charge in [-0.05, 0) is 18.6 Å². The van der Waals surface area contributed by atoms with Crippen LogP contribution in [0, 0.1) is 0 Å². The molecule has 2 rings (SSSR count). The normalized spacial score (nSPS) is 10.6. The number of ether oxygens (including phenoxy) is 1. The van der Waals surface area contributed by atoms with Gasteiger partial charge in [-0.15, -0.1) is 5.10 Å². The number of pyridine rings is 1. The van der Waals surface area contributed by atoms with Crippen LogP contribution >= 0.6 is 11.6 Å². The average molecular weight is 238 g/mol. The van der Waals surface area contributed by atoms with Crippen LogP contribution in [0.2, 0.25) is 5.15 Å². The summed E-state index contributed by atoms with van der Waals surface area (Å²) >= 11 is 5.84. The Balaban J connectivity index is 2.32. The monoisotopic (exact) mass is 237 g/mol. The Bertz CT molecular complexity index is 490. The summed E-state index contributed by atoms with van der Waals surface area (Å²) in [6.07, 6.45) is 3.70. The van der Waals surface area contributed by atoms with Crippen LogP contribution in [-0.2, 0) is 0 Å². The Morgan fingerprint density at radius 3 is 3.06 bits per heavy atom. The molecule has 0 aliphatic rings. The number of aromatic nitrogens is 3. The van der Waals surface area contributed by atoms with Gasteiger partial charge in [0.1, 0.15) is 10.7 Å². The molecule has 0 saturated carbocycles. The van der Waals surface area contributed by atoms with Crippen molar-refractivity contribution in [1.82, 2.24) is 15.2 Å². The molecule has 2 heterocycles. The molecule has 0 aliphatic carbocycles. The zero-order valence-corrected chi connectivity index (χ0v) is 9.74. The van der Waals surface area contributed by atoms with E-state index in [9.17, 15) is 0 Å². The Kier molecular flexibility index (Phi) is 3.51. The maximum Gasteiger partial charge on any atom is 0.260 e. The summed E-state index contributed by atoms with van der Waals surface area (Å²) in [6, 6.07) is 3.58. The van der Waals surface area contributed by atoms with Crippen molar-refractivity contribution in [1.29, 1.82) is 0 Å². The fourth-order valence-corrected chi connectivity index (χ4v) is 1.47. The van der Waals surface area contributed by atoms with Gasteiger partial charge in [-0.25, -0.2) is 4.98 Å². The highest BCUT2D eigenvalue weighted by molar-refractivity contribution is 6.29. The molecule has 0 spiro atoms. The van der Waals surface area contributed by atoms with E-state index in [0.29, 0.717) is 23.2 Å². The molecule has 0 radical (unpaired) electrons. The van der Waals surface area contributed by atoms with Crippen LogP contribution in [0.1, 0.15) is 19.8 Å². The molecular formula is C11H12ClN3O. The molecule has 0 N–H and O–H groups in total. The summed E-state index contributed by atoms with van der Waals surface area (Å²) in [4.78, 5) is 4.19. The Labute approximate surface area is 98.6 Å². The first kappa shape index (κ1) is 11.1. The molecule has 4 nitrogen and oxygen atoms in total. The molecule has 0 fully saturated rings. The molecule has 16 heavy (non-hydrogen) atoms. The molecule has 0 bridgehead atoms. The molecule has 0 aromatic carbocycles. The van der Waals surface area contributed by atoms with Gasteiger partial charge in [-0.2, -0.15) is 5.10 Å². The minimum Gasteiger partial charge on any atom is -0.475 e. The van der Waals surface area contributed by atoms with Gasteiger partial charge in [0.2, 0.25) is 0 Å². The van der Waals surface area contributed by atoms with Crippen molar-refractivity contribution in [2.24, 2.45) is 0 Å². The quantitative estimate of drug-likeness (QED) is 0.606. The summed E-state index contributed by atoms with van der Waals surface area (Å²) in [7, 11) is 0. The van der Waals surface area contributed by atoms with Gasteiger partial charge < -0.3 is 4.74 Å². The smallest absolute Gasteiger partial charge is 0.260 e. The topological polar surface area (TPSA) is 47.9 Å². The lowest BCUT2D eigenvalue weighted by atomic mass is 10.3. The van der Waals surface area contributed by atoms with Crippen LogP contribution < -0.4 is 4.74 Å². The maximum absolute atomic E-state index is 5.84. The first-order chi connectivity index (χ1) is 7.81. The lowest BCUT2D eigenvalue weighted by Gasteiger charge is -2.05. The van der Waals surface area contributed by atoms with E-state index in [4.69, 9.17) is 16.3 Å². The second-order valence-electron chi connectivity index (χ2n) is 3.42. The second-order valence-corrected chi connectivity index (χ2v) is 3.81. The Morgan fingerprint density at radius 2 is 2.25 bits per heavy atom. The highest BCUT2D eigenvalue weighted by Gasteiger charge is 2.06.